The zero-order chi connectivity index (χ0) is 22.5. The second kappa shape index (κ2) is 9.66. The molecule has 2 aromatic carbocycles. The van der Waals surface area contributed by atoms with Crippen molar-refractivity contribution >= 4 is 52.2 Å². The molecule has 1 aliphatic heterocycles. The topological polar surface area (TPSA) is 84.9 Å². The van der Waals surface area contributed by atoms with E-state index in [0.717, 1.165) is 16.9 Å². The third-order valence-electron chi connectivity index (χ3n) is 4.57. The van der Waals surface area contributed by atoms with Gasteiger partial charge < -0.3 is 9.47 Å². The van der Waals surface area contributed by atoms with Gasteiger partial charge in [0.25, 0.3) is 11.8 Å². The lowest BCUT2D eigenvalue weighted by atomic mass is 10.1. The third-order valence-corrected chi connectivity index (χ3v) is 5.37. The van der Waals surface area contributed by atoms with Crippen molar-refractivity contribution in [3.05, 3.63) is 56.7 Å². The molecule has 31 heavy (non-hydrogen) atoms. The molecule has 8 heteroatoms. The molecule has 0 atom stereocenters. The van der Waals surface area contributed by atoms with Crippen LogP contribution in [0, 0.1) is 15.9 Å². The number of halogens is 1. The number of methoxy groups -OCH3 is 1. The molecule has 1 N–H and O–H groups in total. The largest absolute Gasteiger partial charge is 0.493 e. The normalized spacial score (nSPS) is 15.0. The highest BCUT2D eigenvalue weighted by atomic mass is 127. The zero-order valence-corrected chi connectivity index (χ0v) is 19.1. The molecule has 7 nitrogen and oxygen atoms in total. The molecule has 0 radical (unpaired) electrons. The summed E-state index contributed by atoms with van der Waals surface area (Å²) in [7, 11) is 1.48. The Balaban J connectivity index is 1.99. The molecule has 0 spiro atoms. The number of terminal acetylenes is 1. The van der Waals surface area contributed by atoms with E-state index in [-0.39, 0.29) is 12.2 Å². The molecule has 0 bridgehead atoms. The molecule has 3 rings (SSSR count). The Kier molecular flexibility index (Phi) is 6.97. The van der Waals surface area contributed by atoms with Gasteiger partial charge >= 0.3 is 6.03 Å². The summed E-state index contributed by atoms with van der Waals surface area (Å²) in [5, 5.41) is 2.22. The summed E-state index contributed by atoms with van der Waals surface area (Å²) >= 11 is 2.05. The number of hydrogen-bond donors (Lipinski definition) is 1. The maximum Gasteiger partial charge on any atom is 0.335 e. The van der Waals surface area contributed by atoms with Crippen molar-refractivity contribution in [1.82, 2.24) is 5.32 Å². The van der Waals surface area contributed by atoms with E-state index in [1.54, 1.807) is 24.3 Å². The second-order valence-corrected chi connectivity index (χ2v) is 7.67. The number of aryl methyl sites for hydroxylation is 1. The van der Waals surface area contributed by atoms with Gasteiger partial charge in [-0.25, -0.2) is 9.69 Å². The van der Waals surface area contributed by atoms with Crippen molar-refractivity contribution in [1.29, 1.82) is 0 Å². The van der Waals surface area contributed by atoms with Gasteiger partial charge in [-0.2, -0.15) is 0 Å². The van der Waals surface area contributed by atoms with E-state index in [9.17, 15) is 14.4 Å². The highest BCUT2D eigenvalue weighted by Crippen LogP contribution is 2.35. The van der Waals surface area contributed by atoms with Crippen molar-refractivity contribution in [2.75, 3.05) is 18.6 Å². The number of hydrogen-bond acceptors (Lipinski definition) is 5. The van der Waals surface area contributed by atoms with Crippen molar-refractivity contribution in [3.8, 4) is 23.8 Å². The number of carbonyl (C=O) groups excluding carboxylic acids is 3. The van der Waals surface area contributed by atoms with Crippen LogP contribution in [0.15, 0.2) is 42.0 Å². The Labute approximate surface area is 193 Å². The number of nitrogens with zero attached hydrogens (tertiary/aromatic N) is 1. The predicted molar refractivity (Wildman–Crippen MR) is 125 cm³/mol. The number of barbiturate groups is 1. The van der Waals surface area contributed by atoms with E-state index in [2.05, 4.69) is 11.2 Å². The third kappa shape index (κ3) is 4.72. The standard InChI is InChI=1S/C23H19IN2O5/c1-4-10-31-20-18(24)12-15(13-19(20)30-3)11-17-21(27)25-23(29)26(22(17)28)16-8-6-14(5-2)7-9-16/h1,6-9,11-13H,5,10H2,2-3H3,(H,25,27,29)/b17-11-. The molecule has 0 aromatic heterocycles. The molecular weight excluding hydrogens is 511 g/mol. The summed E-state index contributed by atoms with van der Waals surface area (Å²) in [5.41, 5.74) is 1.80. The van der Waals surface area contributed by atoms with Gasteiger partial charge in [0.2, 0.25) is 0 Å². The predicted octanol–water partition coefficient (Wildman–Crippen LogP) is 3.54. The molecule has 1 heterocycles. The minimum absolute atomic E-state index is 0.0710. The number of amides is 4. The number of urea groups is 1. The highest BCUT2D eigenvalue weighted by Gasteiger charge is 2.36. The van der Waals surface area contributed by atoms with Crippen LogP contribution >= 0.6 is 22.6 Å². The molecular formula is C23H19IN2O5. The first-order chi connectivity index (χ1) is 14.9. The molecule has 0 aliphatic carbocycles. The first-order valence-electron chi connectivity index (χ1n) is 9.33. The van der Waals surface area contributed by atoms with Crippen LogP contribution in [0.2, 0.25) is 0 Å². The van der Waals surface area contributed by atoms with Crippen LogP contribution in [0.1, 0.15) is 18.1 Å². The van der Waals surface area contributed by atoms with Crippen LogP contribution in [-0.2, 0) is 16.0 Å². The summed E-state index contributed by atoms with van der Waals surface area (Å²) < 4.78 is 11.6. The average Bonchev–Trinajstić information content (AvgIpc) is 2.76. The average molecular weight is 530 g/mol. The summed E-state index contributed by atoms with van der Waals surface area (Å²) in [6, 6.07) is 9.56. The minimum atomic E-state index is -0.790. The van der Waals surface area contributed by atoms with Gasteiger partial charge in [0, 0.05) is 0 Å². The molecule has 158 valence electrons. The van der Waals surface area contributed by atoms with E-state index in [1.165, 1.54) is 13.2 Å². The molecule has 1 aliphatic rings. The smallest absolute Gasteiger partial charge is 0.335 e. The second-order valence-electron chi connectivity index (χ2n) is 6.50. The quantitative estimate of drug-likeness (QED) is 0.268. The van der Waals surface area contributed by atoms with E-state index < -0.39 is 17.8 Å². The molecule has 4 amide bonds. The van der Waals surface area contributed by atoms with Crippen molar-refractivity contribution in [2.45, 2.75) is 13.3 Å². The lowest BCUT2D eigenvalue weighted by molar-refractivity contribution is -0.122. The van der Waals surface area contributed by atoms with Crippen LogP contribution in [0.5, 0.6) is 11.5 Å². The van der Waals surface area contributed by atoms with Gasteiger partial charge in [0.15, 0.2) is 11.5 Å². The van der Waals surface area contributed by atoms with E-state index in [1.807, 2.05) is 41.6 Å². The molecule has 0 saturated carbocycles. The van der Waals surface area contributed by atoms with Crippen LogP contribution in [0.25, 0.3) is 6.08 Å². The van der Waals surface area contributed by atoms with Gasteiger partial charge in [0.1, 0.15) is 12.2 Å². The Morgan fingerprint density at radius 1 is 1.19 bits per heavy atom. The van der Waals surface area contributed by atoms with Crippen molar-refractivity contribution < 1.29 is 23.9 Å². The number of rotatable bonds is 6. The Morgan fingerprint density at radius 2 is 1.90 bits per heavy atom. The first kappa shape index (κ1) is 22.4. The summed E-state index contributed by atoms with van der Waals surface area (Å²) in [6.45, 7) is 2.08. The fraction of sp³-hybridized carbons (Fsp3) is 0.174. The molecule has 1 fully saturated rings. The number of benzene rings is 2. The number of anilines is 1. The van der Waals surface area contributed by atoms with Gasteiger partial charge in [-0.15, -0.1) is 6.42 Å². The van der Waals surface area contributed by atoms with E-state index >= 15 is 0 Å². The molecule has 2 aromatic rings. The van der Waals surface area contributed by atoms with Crippen molar-refractivity contribution in [2.24, 2.45) is 0 Å². The number of carbonyl (C=O) groups is 3. The fourth-order valence-corrected chi connectivity index (χ4v) is 3.80. The lowest BCUT2D eigenvalue weighted by Crippen LogP contribution is -2.54. The Morgan fingerprint density at radius 3 is 2.52 bits per heavy atom. The van der Waals surface area contributed by atoms with Gasteiger partial charge in [-0.1, -0.05) is 25.0 Å². The number of ether oxygens (including phenoxy) is 2. The Bertz CT molecular complexity index is 1120. The zero-order valence-electron chi connectivity index (χ0n) is 16.9. The fourth-order valence-electron chi connectivity index (χ4n) is 3.02. The molecule has 1 saturated heterocycles. The maximum absolute atomic E-state index is 13.0. The van der Waals surface area contributed by atoms with Gasteiger partial charge in [0.05, 0.1) is 16.4 Å². The monoisotopic (exact) mass is 530 g/mol. The maximum atomic E-state index is 13.0. The summed E-state index contributed by atoms with van der Waals surface area (Å²) in [6.07, 6.45) is 7.48. The van der Waals surface area contributed by atoms with Crippen LogP contribution in [0.3, 0.4) is 0 Å². The Hall–Kier alpha value is -3.32. The van der Waals surface area contributed by atoms with E-state index in [4.69, 9.17) is 15.9 Å². The van der Waals surface area contributed by atoms with Crippen LogP contribution in [-0.4, -0.2) is 31.6 Å². The van der Waals surface area contributed by atoms with Crippen molar-refractivity contribution in [3.63, 3.8) is 0 Å². The number of nitrogens with one attached hydrogen (secondary N) is 1. The van der Waals surface area contributed by atoms with Gasteiger partial charge in [-0.05, 0) is 70.5 Å². The SMILES string of the molecule is C#CCOc1c(I)cc(/C=C2/C(=O)NC(=O)N(c3ccc(CC)cc3)C2=O)cc1OC. The molecule has 0 unspecified atom stereocenters. The minimum Gasteiger partial charge on any atom is -0.493 e. The van der Waals surface area contributed by atoms with Crippen LogP contribution in [0.4, 0.5) is 10.5 Å². The highest BCUT2D eigenvalue weighted by molar-refractivity contribution is 14.1. The van der Waals surface area contributed by atoms with Gasteiger partial charge in [-0.3, -0.25) is 14.9 Å². The van der Waals surface area contributed by atoms with Crippen LogP contribution < -0.4 is 19.7 Å². The summed E-state index contributed by atoms with van der Waals surface area (Å²) in [5.74, 6) is 1.79. The lowest BCUT2D eigenvalue weighted by Gasteiger charge is -2.26. The first-order valence-corrected chi connectivity index (χ1v) is 10.4. The number of imide groups is 2. The van der Waals surface area contributed by atoms with E-state index in [0.29, 0.717) is 26.3 Å². The summed E-state index contributed by atoms with van der Waals surface area (Å²) in [4.78, 5) is 38.8.